The number of fused-ring (bicyclic) bond motifs is 1. The van der Waals surface area contributed by atoms with Crippen LogP contribution < -0.4 is 5.73 Å². The van der Waals surface area contributed by atoms with Crippen LogP contribution in [0.4, 0.5) is 0 Å². The largest absolute Gasteiger partial charge is 0.464 e. The van der Waals surface area contributed by atoms with Gasteiger partial charge in [-0.05, 0) is 23.6 Å². The summed E-state index contributed by atoms with van der Waals surface area (Å²) in [6.45, 7) is 0.732. The minimum Gasteiger partial charge on any atom is -0.464 e. The minimum atomic E-state index is -0.0687. The van der Waals surface area contributed by atoms with Gasteiger partial charge in [-0.1, -0.05) is 78.9 Å². The molecule has 0 spiro atoms. The van der Waals surface area contributed by atoms with Gasteiger partial charge >= 0.3 is 0 Å². The molecule has 150 valence electrons. The number of hydrogen-bond donors (Lipinski definition) is 1. The molecule has 1 aromatic heterocycles. The van der Waals surface area contributed by atoms with Crippen molar-refractivity contribution in [3.63, 3.8) is 0 Å². The molecule has 30 heavy (non-hydrogen) atoms. The summed E-state index contributed by atoms with van der Waals surface area (Å²) in [6, 6.07) is 29.2. The summed E-state index contributed by atoms with van der Waals surface area (Å²) in [5.74, 6) is 0.709. The van der Waals surface area contributed by atoms with E-state index in [9.17, 15) is 0 Å². The Hall–Kier alpha value is -3.50. The molecule has 0 bridgehead atoms. The van der Waals surface area contributed by atoms with Crippen LogP contribution >= 0.6 is 0 Å². The zero-order valence-corrected chi connectivity index (χ0v) is 16.6. The van der Waals surface area contributed by atoms with E-state index in [0.717, 1.165) is 29.5 Å². The van der Waals surface area contributed by atoms with Gasteiger partial charge in [0, 0.05) is 29.5 Å². The van der Waals surface area contributed by atoms with Crippen LogP contribution in [-0.4, -0.2) is 11.6 Å². The van der Waals surface area contributed by atoms with E-state index in [1.807, 2.05) is 35.6 Å². The summed E-state index contributed by atoms with van der Waals surface area (Å²) in [5.41, 5.74) is 10.6. The van der Waals surface area contributed by atoms with Crippen molar-refractivity contribution >= 4 is 11.0 Å². The SMILES string of the molecule is NC1=CC(c2coc3ccccc23)N(CCC(c2ccccc2)c2ccccc2)O1. The zero-order valence-electron chi connectivity index (χ0n) is 16.6. The number of nitrogens with two attached hydrogens (primary N) is 1. The summed E-state index contributed by atoms with van der Waals surface area (Å²) < 4.78 is 5.76. The number of para-hydroxylation sites is 1. The van der Waals surface area contributed by atoms with Gasteiger partial charge in [-0.25, -0.2) is 0 Å². The van der Waals surface area contributed by atoms with Crippen molar-refractivity contribution in [2.75, 3.05) is 6.54 Å². The second kappa shape index (κ2) is 8.09. The normalized spacial score (nSPS) is 16.7. The van der Waals surface area contributed by atoms with Gasteiger partial charge in [0.25, 0.3) is 0 Å². The molecule has 1 aliphatic heterocycles. The first kappa shape index (κ1) is 18.5. The smallest absolute Gasteiger partial charge is 0.207 e. The van der Waals surface area contributed by atoms with Crippen molar-refractivity contribution in [3.8, 4) is 0 Å². The number of hydroxylamine groups is 2. The lowest BCUT2D eigenvalue weighted by Crippen LogP contribution is -2.26. The maximum Gasteiger partial charge on any atom is 0.207 e. The highest BCUT2D eigenvalue weighted by molar-refractivity contribution is 5.81. The highest BCUT2D eigenvalue weighted by Crippen LogP contribution is 2.37. The van der Waals surface area contributed by atoms with Crippen LogP contribution in [0.2, 0.25) is 0 Å². The van der Waals surface area contributed by atoms with Crippen LogP contribution in [-0.2, 0) is 4.84 Å². The maximum absolute atomic E-state index is 6.06. The average molecular weight is 396 g/mol. The first-order valence-electron chi connectivity index (χ1n) is 10.3. The van der Waals surface area contributed by atoms with Crippen LogP contribution in [0.1, 0.15) is 35.1 Å². The van der Waals surface area contributed by atoms with E-state index in [1.54, 1.807) is 0 Å². The quantitative estimate of drug-likeness (QED) is 0.451. The van der Waals surface area contributed by atoms with E-state index in [1.165, 1.54) is 11.1 Å². The van der Waals surface area contributed by atoms with E-state index in [4.69, 9.17) is 15.0 Å². The van der Waals surface area contributed by atoms with Gasteiger partial charge in [0.2, 0.25) is 5.88 Å². The van der Waals surface area contributed by atoms with Crippen molar-refractivity contribution in [1.82, 2.24) is 5.06 Å². The molecule has 3 aromatic carbocycles. The fraction of sp³-hybridized carbons (Fsp3) is 0.154. The van der Waals surface area contributed by atoms with Gasteiger partial charge in [-0.3, -0.25) is 0 Å². The zero-order chi connectivity index (χ0) is 20.3. The Morgan fingerprint density at radius 2 is 1.47 bits per heavy atom. The lowest BCUT2D eigenvalue weighted by atomic mass is 9.88. The lowest BCUT2D eigenvalue weighted by molar-refractivity contribution is -0.120. The molecule has 2 heterocycles. The molecule has 1 atom stereocenters. The highest BCUT2D eigenvalue weighted by Gasteiger charge is 2.30. The molecular formula is C26H24N2O2. The summed E-state index contributed by atoms with van der Waals surface area (Å²) >= 11 is 0. The molecule has 1 unspecified atom stereocenters. The molecule has 4 aromatic rings. The van der Waals surface area contributed by atoms with E-state index >= 15 is 0 Å². The summed E-state index contributed by atoms with van der Waals surface area (Å²) in [5, 5.41) is 3.05. The predicted octanol–water partition coefficient (Wildman–Crippen LogP) is 5.74. The lowest BCUT2D eigenvalue weighted by Gasteiger charge is -2.25. The summed E-state index contributed by atoms with van der Waals surface area (Å²) in [7, 11) is 0. The molecule has 4 heteroatoms. The number of nitrogens with zero attached hydrogens (tertiary/aromatic N) is 1. The second-order valence-corrected chi connectivity index (χ2v) is 7.60. The molecule has 0 saturated heterocycles. The molecule has 0 saturated carbocycles. The molecule has 1 aliphatic rings. The van der Waals surface area contributed by atoms with Crippen LogP contribution in [0, 0.1) is 0 Å². The predicted molar refractivity (Wildman–Crippen MR) is 118 cm³/mol. The molecule has 5 rings (SSSR count). The second-order valence-electron chi connectivity index (χ2n) is 7.60. The van der Waals surface area contributed by atoms with Crippen LogP contribution in [0.5, 0.6) is 0 Å². The standard InChI is InChI=1S/C26H24N2O2/c27-26-17-24(23-18-29-25-14-8-7-13-22(23)25)28(30-26)16-15-21(19-9-3-1-4-10-19)20-11-5-2-6-12-20/h1-14,17-18,21,24H,15-16,27H2. The van der Waals surface area contributed by atoms with Gasteiger partial charge in [-0.2, -0.15) is 0 Å². The van der Waals surface area contributed by atoms with Crippen molar-refractivity contribution in [1.29, 1.82) is 0 Å². The molecule has 2 N–H and O–H groups in total. The first-order chi connectivity index (χ1) is 14.8. The molecular weight excluding hydrogens is 372 g/mol. The Bertz CT molecular complexity index is 1110. The highest BCUT2D eigenvalue weighted by atomic mass is 16.7. The van der Waals surface area contributed by atoms with Gasteiger partial charge < -0.3 is 15.0 Å². The van der Waals surface area contributed by atoms with E-state index in [0.29, 0.717) is 5.88 Å². The molecule has 0 amide bonds. The van der Waals surface area contributed by atoms with Gasteiger partial charge in [0.05, 0.1) is 12.3 Å². The average Bonchev–Trinajstić information content (AvgIpc) is 3.38. The van der Waals surface area contributed by atoms with Crippen LogP contribution in [0.3, 0.4) is 0 Å². The Morgan fingerprint density at radius 1 is 0.833 bits per heavy atom. The Kier molecular flexibility index (Phi) is 4.99. The maximum atomic E-state index is 6.06. The fourth-order valence-corrected chi connectivity index (χ4v) is 4.27. The van der Waals surface area contributed by atoms with Crippen LogP contribution in [0.25, 0.3) is 11.0 Å². The number of benzene rings is 3. The third-order valence-electron chi connectivity index (χ3n) is 5.73. The Morgan fingerprint density at radius 3 is 2.17 bits per heavy atom. The number of hydrogen-bond acceptors (Lipinski definition) is 4. The van der Waals surface area contributed by atoms with Gasteiger partial charge in [0.15, 0.2) is 0 Å². The van der Waals surface area contributed by atoms with E-state index in [-0.39, 0.29) is 12.0 Å². The Balaban J connectivity index is 1.41. The topological polar surface area (TPSA) is 51.6 Å². The van der Waals surface area contributed by atoms with E-state index in [2.05, 4.69) is 66.7 Å². The molecule has 0 aliphatic carbocycles. The fourth-order valence-electron chi connectivity index (χ4n) is 4.27. The third kappa shape index (κ3) is 3.58. The molecule has 0 fully saturated rings. The minimum absolute atomic E-state index is 0.0687. The Labute approximate surface area is 176 Å². The van der Waals surface area contributed by atoms with Crippen LogP contribution in [0.15, 0.2) is 108 Å². The number of furan rings is 1. The van der Waals surface area contributed by atoms with Crippen molar-refractivity contribution < 1.29 is 9.25 Å². The third-order valence-corrected chi connectivity index (χ3v) is 5.73. The van der Waals surface area contributed by atoms with Crippen molar-refractivity contribution in [2.24, 2.45) is 5.73 Å². The van der Waals surface area contributed by atoms with Crippen molar-refractivity contribution in [2.45, 2.75) is 18.4 Å². The molecule has 4 nitrogen and oxygen atoms in total. The summed E-state index contributed by atoms with van der Waals surface area (Å²) in [6.07, 6.45) is 4.67. The summed E-state index contributed by atoms with van der Waals surface area (Å²) in [4.78, 5) is 5.90. The molecule has 0 radical (unpaired) electrons. The number of rotatable bonds is 6. The monoisotopic (exact) mass is 396 g/mol. The van der Waals surface area contributed by atoms with Gasteiger partial charge in [0.1, 0.15) is 5.58 Å². The first-order valence-corrected chi connectivity index (χ1v) is 10.3. The van der Waals surface area contributed by atoms with Crippen molar-refractivity contribution in [3.05, 3.63) is 120 Å². The van der Waals surface area contributed by atoms with E-state index < -0.39 is 0 Å². The van der Waals surface area contributed by atoms with Gasteiger partial charge in [-0.15, -0.1) is 5.06 Å².